The number of alkyl halides is 1. The number of rotatable bonds is 4. The summed E-state index contributed by atoms with van der Waals surface area (Å²) in [4.78, 5) is 14.7. The lowest BCUT2D eigenvalue weighted by molar-refractivity contribution is -0.134. The average Bonchev–Trinajstić information content (AvgIpc) is 3.26. The van der Waals surface area contributed by atoms with Crippen LogP contribution in [-0.2, 0) is 11.3 Å². The molecule has 1 N–H and O–H groups in total. The first-order chi connectivity index (χ1) is 14.7. The molecule has 0 amide bonds. The first-order valence-corrected chi connectivity index (χ1v) is 12.3. The summed E-state index contributed by atoms with van der Waals surface area (Å²) in [6.07, 6.45) is 7.99. The fourth-order valence-corrected chi connectivity index (χ4v) is 8.67. The second kappa shape index (κ2) is 7.60. The number of ketones is 1. The number of Topliss-reactive ketones (excluding diaryl/α,β-unsaturated/α-hetero) is 1. The number of hydrogen-bond acceptors (Lipinski definition) is 5. The van der Waals surface area contributed by atoms with Crippen molar-refractivity contribution in [2.45, 2.75) is 84.3 Å². The minimum Gasteiger partial charge on any atom is -0.390 e. The van der Waals surface area contributed by atoms with Gasteiger partial charge in [-0.15, -0.1) is 10.2 Å². The smallest absolute Gasteiger partial charge is 0.171 e. The van der Waals surface area contributed by atoms with Gasteiger partial charge in [0.2, 0.25) is 0 Å². The lowest BCUT2D eigenvalue weighted by atomic mass is 9.48. The van der Waals surface area contributed by atoms with Gasteiger partial charge in [-0.1, -0.05) is 6.92 Å². The topological polar surface area (TPSA) is 80.9 Å². The maximum absolute atomic E-state index is 14.3. The van der Waals surface area contributed by atoms with E-state index in [-0.39, 0.29) is 36.3 Å². The van der Waals surface area contributed by atoms with E-state index in [4.69, 9.17) is 0 Å². The highest BCUT2D eigenvalue weighted by molar-refractivity contribution is 5.82. The van der Waals surface area contributed by atoms with Crippen LogP contribution in [0.1, 0.15) is 71.0 Å². The summed E-state index contributed by atoms with van der Waals surface area (Å²) >= 11 is 0. The Balaban J connectivity index is 1.37. The molecule has 5 rings (SSSR count). The molecule has 0 spiro atoms. The number of carbonyl (C=O) groups is 1. The molecule has 4 saturated carbocycles. The number of carbonyl (C=O) groups excluding carboxylic acids is 1. The number of aliphatic hydroxyl groups is 1. The minimum absolute atomic E-state index is 0.0135. The van der Waals surface area contributed by atoms with Gasteiger partial charge in [-0.3, -0.25) is 9.18 Å². The monoisotopic (exact) mass is 432 g/mol. The van der Waals surface area contributed by atoms with Gasteiger partial charge >= 0.3 is 0 Å². The quantitative estimate of drug-likeness (QED) is 0.783. The highest BCUT2D eigenvalue weighted by atomic mass is 19.1. The molecule has 172 valence electrons. The minimum atomic E-state index is -0.517. The highest BCUT2D eigenvalue weighted by Gasteiger charge is 2.62. The zero-order valence-electron chi connectivity index (χ0n) is 19.1. The van der Waals surface area contributed by atoms with Crippen molar-refractivity contribution in [3.8, 4) is 0 Å². The number of tetrazole rings is 1. The molecule has 0 saturated heterocycles. The van der Waals surface area contributed by atoms with E-state index in [0.717, 1.165) is 44.9 Å². The Morgan fingerprint density at radius 3 is 2.65 bits per heavy atom. The second-order valence-electron chi connectivity index (χ2n) is 11.7. The van der Waals surface area contributed by atoms with Crippen LogP contribution in [0.15, 0.2) is 0 Å². The summed E-state index contributed by atoms with van der Waals surface area (Å²) < 4.78 is 14.3. The molecule has 7 heteroatoms. The van der Waals surface area contributed by atoms with Crippen LogP contribution in [0.2, 0.25) is 0 Å². The van der Waals surface area contributed by atoms with Crippen LogP contribution >= 0.6 is 0 Å². The van der Waals surface area contributed by atoms with Crippen LogP contribution in [-0.4, -0.2) is 43.4 Å². The van der Waals surface area contributed by atoms with Gasteiger partial charge in [0.05, 0.1) is 12.3 Å². The molecule has 9 atom stereocenters. The third kappa shape index (κ3) is 3.55. The van der Waals surface area contributed by atoms with Gasteiger partial charge in [0.25, 0.3) is 0 Å². The first kappa shape index (κ1) is 21.5. The Kier molecular flexibility index (Phi) is 5.26. The molecule has 1 heterocycles. The summed E-state index contributed by atoms with van der Waals surface area (Å²) in [6.45, 7) is 5.84. The van der Waals surface area contributed by atoms with Crippen LogP contribution in [0.5, 0.6) is 0 Å². The number of hydrogen-bond donors (Lipinski definition) is 1. The van der Waals surface area contributed by atoms with Crippen molar-refractivity contribution >= 4 is 5.78 Å². The molecule has 31 heavy (non-hydrogen) atoms. The number of halogens is 1. The predicted octanol–water partition coefficient (Wildman–Crippen LogP) is 3.77. The third-order valence-electron chi connectivity index (χ3n) is 9.81. The van der Waals surface area contributed by atoms with Crippen molar-refractivity contribution in [1.29, 1.82) is 0 Å². The van der Waals surface area contributed by atoms with Crippen molar-refractivity contribution < 1.29 is 14.3 Å². The van der Waals surface area contributed by atoms with E-state index < -0.39 is 5.60 Å². The fraction of sp³-hybridized carbons (Fsp3) is 0.917. The Morgan fingerprint density at radius 1 is 1.16 bits per heavy atom. The summed E-state index contributed by atoms with van der Waals surface area (Å²) in [6, 6.07) is 0. The zero-order chi connectivity index (χ0) is 22.0. The van der Waals surface area contributed by atoms with Crippen LogP contribution in [0, 0.1) is 53.8 Å². The average molecular weight is 433 g/mol. The van der Waals surface area contributed by atoms with Gasteiger partial charge in [-0.05, 0) is 111 Å². The maximum Gasteiger partial charge on any atom is 0.171 e. The van der Waals surface area contributed by atoms with Gasteiger partial charge in [-0.25, -0.2) is 0 Å². The Hall–Kier alpha value is -1.37. The molecule has 1 unspecified atom stereocenters. The van der Waals surface area contributed by atoms with E-state index in [1.807, 2.05) is 6.92 Å². The molecular weight excluding hydrogens is 395 g/mol. The molecule has 0 bridgehead atoms. The van der Waals surface area contributed by atoms with Gasteiger partial charge in [0.15, 0.2) is 11.6 Å². The molecule has 4 fully saturated rings. The van der Waals surface area contributed by atoms with Crippen molar-refractivity contribution in [2.24, 2.45) is 46.8 Å². The van der Waals surface area contributed by atoms with Gasteiger partial charge in [0, 0.05) is 5.92 Å². The highest BCUT2D eigenvalue weighted by Crippen LogP contribution is 2.66. The Labute approximate surface area is 184 Å². The summed E-state index contributed by atoms with van der Waals surface area (Å²) in [5.74, 6) is 3.30. The van der Waals surface area contributed by atoms with Gasteiger partial charge < -0.3 is 5.11 Å². The van der Waals surface area contributed by atoms with Crippen molar-refractivity contribution in [2.75, 3.05) is 6.67 Å². The molecule has 4 aliphatic carbocycles. The SMILES string of the molecule is Cc1nnn(CC(=O)[C@H]2CC(CF)[C@H]3[C@@H]4CC[C@@H]5C[C@](C)(O)CC[C@@H]5[C@H]4CC[C@]23C)n1. The van der Waals surface area contributed by atoms with E-state index in [1.54, 1.807) is 6.92 Å². The predicted molar refractivity (Wildman–Crippen MR) is 114 cm³/mol. The Morgan fingerprint density at radius 2 is 1.94 bits per heavy atom. The molecule has 0 radical (unpaired) electrons. The van der Waals surface area contributed by atoms with Crippen LogP contribution < -0.4 is 0 Å². The van der Waals surface area contributed by atoms with Crippen LogP contribution in [0.3, 0.4) is 0 Å². The summed E-state index contributed by atoms with van der Waals surface area (Å²) in [5.41, 5.74) is -0.644. The lowest BCUT2D eigenvalue weighted by Gasteiger charge is -2.57. The standard InChI is InChI=1S/C24H37FN4O2/c1-14-26-28-29(27-14)13-21(30)20-10-16(12-25)22-19-5-4-15-11-23(2,31)8-6-17(15)18(19)7-9-24(20,22)3/h15-20,22,31H,4-13H2,1-3H3/t15-,16?,17+,18-,19-,20-,22+,23-,24-/m1/s1. The molecule has 0 aromatic carbocycles. The number of aromatic nitrogens is 4. The molecule has 0 aliphatic heterocycles. The number of aryl methyl sites for hydroxylation is 1. The normalized spacial score (nSPS) is 46.8. The number of nitrogens with zero attached hydrogens (tertiary/aromatic N) is 4. The Bertz CT molecular complexity index is 841. The summed E-state index contributed by atoms with van der Waals surface area (Å²) in [5, 5.41) is 22.6. The largest absolute Gasteiger partial charge is 0.390 e. The first-order valence-electron chi connectivity index (χ1n) is 12.3. The van der Waals surface area contributed by atoms with E-state index in [1.165, 1.54) is 4.80 Å². The van der Waals surface area contributed by atoms with Crippen molar-refractivity contribution in [1.82, 2.24) is 20.2 Å². The van der Waals surface area contributed by atoms with E-state index in [2.05, 4.69) is 22.3 Å². The van der Waals surface area contributed by atoms with Gasteiger partial charge in [0.1, 0.15) is 6.54 Å². The lowest BCUT2D eigenvalue weighted by Crippen LogP contribution is -2.52. The molecule has 1 aromatic heterocycles. The van der Waals surface area contributed by atoms with Crippen LogP contribution in [0.4, 0.5) is 4.39 Å². The van der Waals surface area contributed by atoms with E-state index in [9.17, 15) is 14.3 Å². The molecular formula is C24H37FN4O2. The van der Waals surface area contributed by atoms with E-state index >= 15 is 0 Å². The molecule has 4 aliphatic rings. The fourth-order valence-electron chi connectivity index (χ4n) is 8.67. The van der Waals surface area contributed by atoms with E-state index in [0.29, 0.717) is 41.8 Å². The second-order valence-corrected chi connectivity index (χ2v) is 11.7. The van der Waals surface area contributed by atoms with Gasteiger partial charge in [-0.2, -0.15) is 4.80 Å². The maximum atomic E-state index is 14.3. The zero-order valence-corrected chi connectivity index (χ0v) is 19.1. The molecule has 1 aromatic rings. The number of fused-ring (bicyclic) bond motifs is 5. The summed E-state index contributed by atoms with van der Waals surface area (Å²) in [7, 11) is 0. The van der Waals surface area contributed by atoms with Crippen molar-refractivity contribution in [3.63, 3.8) is 0 Å². The third-order valence-corrected chi connectivity index (χ3v) is 9.81. The molecule has 6 nitrogen and oxygen atoms in total. The van der Waals surface area contributed by atoms with Crippen LogP contribution in [0.25, 0.3) is 0 Å². The van der Waals surface area contributed by atoms with Crippen molar-refractivity contribution in [3.05, 3.63) is 5.82 Å².